The number of rotatable bonds is 6. The highest BCUT2D eigenvalue weighted by molar-refractivity contribution is 6.42. The molecule has 0 bridgehead atoms. The van der Waals surface area contributed by atoms with E-state index in [-0.39, 0.29) is 12.6 Å². The van der Waals surface area contributed by atoms with Gasteiger partial charge in [-0.2, -0.15) is 0 Å². The van der Waals surface area contributed by atoms with E-state index in [1.54, 1.807) is 30.0 Å². The molecule has 1 N–H and O–H groups in total. The number of likely N-dealkylation sites (N-methyl/N-ethyl adjacent to an activating group) is 1. The molecule has 7 nitrogen and oxygen atoms in total. The van der Waals surface area contributed by atoms with Crippen LogP contribution in [-0.2, 0) is 14.3 Å². The molecule has 1 saturated heterocycles. The number of carbonyl (C=O) groups excluding carboxylic acids is 2. The number of halogens is 2. The standard InChI is InChI=1S/C20H25Cl2N3O4/c1-3-25-15(12-24-8-10-28-11-9-24)16(19(26)29-4-2)18(23-20(25)27)13-6-5-7-14(21)17(13)22/h5-7,18H,3-4,8-12H2,1-2H3,(H,23,27)/t18-/m1/s1. The van der Waals surface area contributed by atoms with E-state index in [0.29, 0.717) is 53.2 Å². The first-order valence-electron chi connectivity index (χ1n) is 9.70. The second-order valence-corrected chi connectivity index (χ2v) is 7.52. The SMILES string of the molecule is CCOC(=O)C1=C(CN2CCOCC2)N(CC)C(=O)N[C@@H]1c1cccc(Cl)c1Cl. The first-order chi connectivity index (χ1) is 14.0. The second-order valence-electron chi connectivity index (χ2n) is 6.74. The number of benzene rings is 1. The van der Waals surface area contributed by atoms with Crippen LogP contribution >= 0.6 is 23.2 Å². The molecule has 1 fully saturated rings. The Kier molecular flexibility index (Phi) is 7.40. The molecule has 0 aromatic heterocycles. The van der Waals surface area contributed by atoms with Crippen molar-refractivity contribution in [2.45, 2.75) is 19.9 Å². The van der Waals surface area contributed by atoms with E-state index in [9.17, 15) is 9.59 Å². The maximum Gasteiger partial charge on any atom is 0.338 e. The van der Waals surface area contributed by atoms with Crippen LogP contribution in [0.5, 0.6) is 0 Å². The summed E-state index contributed by atoms with van der Waals surface area (Å²) in [6, 6.07) is 4.13. The Morgan fingerprint density at radius 3 is 2.66 bits per heavy atom. The van der Waals surface area contributed by atoms with Gasteiger partial charge in [0.25, 0.3) is 0 Å². The number of hydrogen-bond acceptors (Lipinski definition) is 5. The van der Waals surface area contributed by atoms with E-state index < -0.39 is 12.0 Å². The van der Waals surface area contributed by atoms with Crippen LogP contribution in [0, 0.1) is 0 Å². The van der Waals surface area contributed by atoms with Crippen molar-refractivity contribution in [3.8, 4) is 0 Å². The van der Waals surface area contributed by atoms with Crippen molar-refractivity contribution in [3.05, 3.63) is 45.1 Å². The molecule has 9 heteroatoms. The smallest absolute Gasteiger partial charge is 0.338 e. The molecular weight excluding hydrogens is 417 g/mol. The molecule has 1 atom stereocenters. The van der Waals surface area contributed by atoms with Gasteiger partial charge in [0.2, 0.25) is 0 Å². The Bertz CT molecular complexity index is 809. The van der Waals surface area contributed by atoms with Gasteiger partial charge in [-0.25, -0.2) is 9.59 Å². The number of hydrogen-bond donors (Lipinski definition) is 1. The van der Waals surface area contributed by atoms with Gasteiger partial charge < -0.3 is 14.8 Å². The van der Waals surface area contributed by atoms with Crippen LogP contribution in [-0.4, -0.2) is 67.8 Å². The lowest BCUT2D eigenvalue weighted by Crippen LogP contribution is -2.51. The predicted octanol–water partition coefficient (Wildman–Crippen LogP) is 3.23. The van der Waals surface area contributed by atoms with Gasteiger partial charge in [-0.15, -0.1) is 0 Å². The number of amides is 2. The fourth-order valence-corrected chi connectivity index (χ4v) is 4.02. The van der Waals surface area contributed by atoms with E-state index >= 15 is 0 Å². The zero-order valence-electron chi connectivity index (χ0n) is 16.5. The molecular formula is C20H25Cl2N3O4. The fraction of sp³-hybridized carbons (Fsp3) is 0.500. The van der Waals surface area contributed by atoms with E-state index in [4.69, 9.17) is 32.7 Å². The molecule has 158 valence electrons. The van der Waals surface area contributed by atoms with Crippen LogP contribution in [0.1, 0.15) is 25.5 Å². The summed E-state index contributed by atoms with van der Waals surface area (Å²) >= 11 is 12.6. The summed E-state index contributed by atoms with van der Waals surface area (Å²) in [5, 5.41) is 3.56. The van der Waals surface area contributed by atoms with Gasteiger partial charge in [-0.3, -0.25) is 9.80 Å². The molecule has 0 saturated carbocycles. The predicted molar refractivity (Wildman–Crippen MR) is 111 cm³/mol. The average molecular weight is 442 g/mol. The largest absolute Gasteiger partial charge is 0.463 e. The van der Waals surface area contributed by atoms with Gasteiger partial charge in [0.1, 0.15) is 0 Å². The van der Waals surface area contributed by atoms with E-state index in [0.717, 1.165) is 13.1 Å². The first-order valence-corrected chi connectivity index (χ1v) is 10.5. The molecule has 2 heterocycles. The molecule has 1 aromatic rings. The molecule has 2 amide bonds. The summed E-state index contributed by atoms with van der Waals surface area (Å²) in [4.78, 5) is 29.7. The van der Waals surface area contributed by atoms with Crippen LogP contribution < -0.4 is 5.32 Å². The van der Waals surface area contributed by atoms with Gasteiger partial charge in [-0.05, 0) is 25.5 Å². The normalized spacial score (nSPS) is 20.6. The third-order valence-electron chi connectivity index (χ3n) is 5.02. The first kappa shape index (κ1) is 21.9. The van der Waals surface area contributed by atoms with Crippen molar-refractivity contribution in [2.75, 3.05) is 46.0 Å². The van der Waals surface area contributed by atoms with Crippen LogP contribution in [0.25, 0.3) is 0 Å². The summed E-state index contributed by atoms with van der Waals surface area (Å²) < 4.78 is 10.8. The Morgan fingerprint density at radius 1 is 1.28 bits per heavy atom. The third kappa shape index (κ3) is 4.69. The molecule has 2 aliphatic heterocycles. The number of morpholine rings is 1. The Balaban J connectivity index is 2.12. The minimum absolute atomic E-state index is 0.225. The van der Waals surface area contributed by atoms with E-state index in [2.05, 4.69) is 10.2 Å². The molecule has 29 heavy (non-hydrogen) atoms. The lowest BCUT2D eigenvalue weighted by molar-refractivity contribution is -0.139. The molecule has 1 aromatic carbocycles. The van der Waals surface area contributed by atoms with Crippen molar-refractivity contribution < 1.29 is 19.1 Å². The third-order valence-corrected chi connectivity index (χ3v) is 5.85. The minimum Gasteiger partial charge on any atom is -0.463 e. The monoisotopic (exact) mass is 441 g/mol. The highest BCUT2D eigenvalue weighted by atomic mass is 35.5. The van der Waals surface area contributed by atoms with Gasteiger partial charge >= 0.3 is 12.0 Å². The summed E-state index contributed by atoms with van der Waals surface area (Å²) in [7, 11) is 0. The lowest BCUT2D eigenvalue weighted by Gasteiger charge is -2.39. The summed E-state index contributed by atoms with van der Waals surface area (Å²) in [5.74, 6) is -0.477. The second kappa shape index (κ2) is 9.80. The van der Waals surface area contributed by atoms with Crippen molar-refractivity contribution in [3.63, 3.8) is 0 Å². The quantitative estimate of drug-likeness (QED) is 0.686. The van der Waals surface area contributed by atoms with Crippen LogP contribution in [0.3, 0.4) is 0 Å². The van der Waals surface area contributed by atoms with Gasteiger partial charge in [0, 0.05) is 31.9 Å². The number of nitrogens with one attached hydrogen (secondary N) is 1. The molecule has 2 aliphatic rings. The number of urea groups is 1. The van der Waals surface area contributed by atoms with Crippen molar-refractivity contribution in [1.82, 2.24) is 15.1 Å². The van der Waals surface area contributed by atoms with Gasteiger partial charge in [-0.1, -0.05) is 35.3 Å². The van der Waals surface area contributed by atoms with E-state index in [1.807, 2.05) is 6.92 Å². The molecule has 0 unspecified atom stereocenters. The number of esters is 1. The number of carbonyl (C=O) groups is 2. The summed E-state index contributed by atoms with van der Waals surface area (Å²) in [6.07, 6.45) is 0. The van der Waals surface area contributed by atoms with E-state index in [1.165, 1.54) is 0 Å². The maximum atomic E-state index is 13.0. The molecule has 0 spiro atoms. The Labute approximate surface area is 180 Å². The highest BCUT2D eigenvalue weighted by Crippen LogP contribution is 2.37. The van der Waals surface area contributed by atoms with Crippen LogP contribution in [0.4, 0.5) is 4.79 Å². The van der Waals surface area contributed by atoms with Crippen molar-refractivity contribution >= 4 is 35.2 Å². The average Bonchev–Trinajstić information content (AvgIpc) is 2.71. The minimum atomic E-state index is -0.744. The summed E-state index contributed by atoms with van der Waals surface area (Å²) in [6.45, 7) is 7.38. The molecule has 0 aliphatic carbocycles. The van der Waals surface area contributed by atoms with Gasteiger partial charge in [0.15, 0.2) is 0 Å². The number of ether oxygens (including phenoxy) is 2. The van der Waals surface area contributed by atoms with Crippen LogP contribution in [0.2, 0.25) is 10.0 Å². The van der Waals surface area contributed by atoms with Crippen LogP contribution in [0.15, 0.2) is 29.5 Å². The zero-order chi connectivity index (χ0) is 21.0. The molecule has 3 rings (SSSR count). The lowest BCUT2D eigenvalue weighted by atomic mass is 9.94. The topological polar surface area (TPSA) is 71.1 Å². The Morgan fingerprint density at radius 2 is 2.00 bits per heavy atom. The number of nitrogens with zero attached hydrogens (tertiary/aromatic N) is 2. The highest BCUT2D eigenvalue weighted by Gasteiger charge is 2.39. The molecule has 0 radical (unpaired) electrons. The van der Waals surface area contributed by atoms with Gasteiger partial charge in [0.05, 0.1) is 41.5 Å². The zero-order valence-corrected chi connectivity index (χ0v) is 18.1. The maximum absolute atomic E-state index is 13.0. The Hall–Kier alpha value is -1.80. The van der Waals surface area contributed by atoms with Crippen molar-refractivity contribution in [1.29, 1.82) is 0 Å². The summed E-state index contributed by atoms with van der Waals surface area (Å²) in [5.41, 5.74) is 1.56. The van der Waals surface area contributed by atoms with Crippen molar-refractivity contribution in [2.24, 2.45) is 0 Å². The fourth-order valence-electron chi connectivity index (χ4n) is 3.61.